The summed E-state index contributed by atoms with van der Waals surface area (Å²) < 4.78 is 0. The zero-order valence-electron chi connectivity index (χ0n) is 11.1. The lowest BCUT2D eigenvalue weighted by Gasteiger charge is -2.22. The Kier molecular flexibility index (Phi) is 4.30. The molecule has 0 aliphatic carbocycles. The molecule has 1 heterocycles. The summed E-state index contributed by atoms with van der Waals surface area (Å²) in [4.78, 5) is 12.8. The summed E-state index contributed by atoms with van der Waals surface area (Å²) in [5.74, 6) is 0.102. The molecule has 18 heavy (non-hydrogen) atoms. The number of thioether (sulfide) groups is 1. The molecule has 0 radical (unpaired) electrons. The number of carbonyl (C=O) groups excluding carboxylic acids is 1. The number of amides is 1. The normalized spacial score (nSPS) is 18.7. The van der Waals surface area contributed by atoms with E-state index in [4.69, 9.17) is 0 Å². The Morgan fingerprint density at radius 1 is 1.44 bits per heavy atom. The Labute approximate surface area is 113 Å². The van der Waals surface area contributed by atoms with E-state index in [0.29, 0.717) is 6.04 Å². The maximum Gasteiger partial charge on any atom is 0.237 e. The molecule has 1 amide bonds. The number of rotatable bonds is 4. The first-order valence-electron chi connectivity index (χ1n) is 6.40. The third kappa shape index (κ3) is 3.27. The van der Waals surface area contributed by atoms with Crippen molar-refractivity contribution in [3.05, 3.63) is 23.8 Å². The van der Waals surface area contributed by atoms with Gasteiger partial charge in [-0.05, 0) is 37.6 Å². The van der Waals surface area contributed by atoms with Crippen molar-refractivity contribution in [2.45, 2.75) is 43.4 Å². The van der Waals surface area contributed by atoms with Crippen molar-refractivity contribution in [2.24, 2.45) is 0 Å². The van der Waals surface area contributed by atoms with Crippen LogP contribution in [-0.2, 0) is 11.2 Å². The Bertz CT molecular complexity index is 445. The molecule has 1 aromatic rings. The Morgan fingerprint density at radius 3 is 2.94 bits per heavy atom. The largest absolute Gasteiger partial charge is 0.324 e. The highest BCUT2D eigenvalue weighted by atomic mass is 32.2. The van der Waals surface area contributed by atoms with Gasteiger partial charge in [-0.3, -0.25) is 4.79 Å². The van der Waals surface area contributed by atoms with Crippen molar-refractivity contribution in [3.63, 3.8) is 0 Å². The van der Waals surface area contributed by atoms with Gasteiger partial charge in [0, 0.05) is 10.9 Å². The number of carbonyl (C=O) groups is 1. The second kappa shape index (κ2) is 5.76. The van der Waals surface area contributed by atoms with E-state index < -0.39 is 0 Å². The van der Waals surface area contributed by atoms with Gasteiger partial charge in [0.05, 0.1) is 10.9 Å². The number of nitrogens with one attached hydrogen (secondary N) is 2. The number of benzene rings is 1. The molecule has 2 N–H and O–H groups in total. The fourth-order valence-corrected chi connectivity index (χ4v) is 2.85. The summed E-state index contributed by atoms with van der Waals surface area (Å²) >= 11 is 1.63. The van der Waals surface area contributed by atoms with Crippen LogP contribution in [0.15, 0.2) is 23.1 Å². The minimum atomic E-state index is 0.00552. The van der Waals surface area contributed by atoms with Crippen molar-refractivity contribution in [1.82, 2.24) is 5.32 Å². The summed E-state index contributed by atoms with van der Waals surface area (Å²) in [6, 6.07) is 6.87. The summed E-state index contributed by atoms with van der Waals surface area (Å²) in [7, 11) is 0. The van der Waals surface area contributed by atoms with Crippen LogP contribution in [-0.4, -0.2) is 23.7 Å². The molecule has 0 spiro atoms. The first-order chi connectivity index (χ1) is 8.56. The smallest absolute Gasteiger partial charge is 0.237 e. The minimum absolute atomic E-state index is 0.00552. The molecule has 0 saturated carbocycles. The van der Waals surface area contributed by atoms with E-state index >= 15 is 0 Å². The van der Waals surface area contributed by atoms with E-state index in [1.807, 2.05) is 6.92 Å². The van der Waals surface area contributed by atoms with Gasteiger partial charge in [0.2, 0.25) is 5.91 Å². The molecular formula is C14H20N2OS. The first kappa shape index (κ1) is 13.4. The van der Waals surface area contributed by atoms with Gasteiger partial charge in [-0.1, -0.05) is 19.9 Å². The second-order valence-corrected chi connectivity index (χ2v) is 6.32. The van der Waals surface area contributed by atoms with E-state index in [1.54, 1.807) is 11.8 Å². The van der Waals surface area contributed by atoms with Crippen LogP contribution in [0.3, 0.4) is 0 Å². The van der Waals surface area contributed by atoms with Gasteiger partial charge in [0.1, 0.15) is 0 Å². The average Bonchev–Trinajstić information content (AvgIpc) is 2.30. The number of hydrogen-bond donors (Lipinski definition) is 2. The Morgan fingerprint density at radius 2 is 2.22 bits per heavy atom. The van der Waals surface area contributed by atoms with Gasteiger partial charge in [-0.2, -0.15) is 0 Å². The quantitative estimate of drug-likeness (QED) is 0.878. The van der Waals surface area contributed by atoms with Gasteiger partial charge in [-0.25, -0.2) is 0 Å². The molecule has 0 aromatic heterocycles. The molecule has 1 unspecified atom stereocenters. The van der Waals surface area contributed by atoms with Crippen molar-refractivity contribution in [3.8, 4) is 0 Å². The van der Waals surface area contributed by atoms with Crippen LogP contribution in [0, 0.1) is 0 Å². The number of fused-ring (bicyclic) bond motifs is 1. The molecular weight excluding hydrogens is 244 g/mol. The topological polar surface area (TPSA) is 41.1 Å². The molecule has 3 nitrogen and oxygen atoms in total. The molecule has 1 aromatic carbocycles. The lowest BCUT2D eigenvalue weighted by molar-refractivity contribution is -0.115. The highest BCUT2D eigenvalue weighted by molar-refractivity contribution is 8.00. The molecule has 0 saturated heterocycles. The zero-order valence-corrected chi connectivity index (χ0v) is 11.9. The monoisotopic (exact) mass is 264 g/mol. The lowest BCUT2D eigenvalue weighted by Crippen LogP contribution is -2.27. The molecule has 1 aliphatic heterocycles. The predicted molar refractivity (Wildman–Crippen MR) is 77.2 cm³/mol. The van der Waals surface area contributed by atoms with Gasteiger partial charge in [-0.15, -0.1) is 11.8 Å². The maximum absolute atomic E-state index is 11.6. The number of hydrogen-bond acceptors (Lipinski definition) is 3. The maximum atomic E-state index is 11.6. The summed E-state index contributed by atoms with van der Waals surface area (Å²) in [5, 5.41) is 6.37. The third-order valence-corrected chi connectivity index (χ3v) is 4.12. The highest BCUT2D eigenvalue weighted by Gasteiger charge is 2.22. The van der Waals surface area contributed by atoms with Crippen LogP contribution in [0.1, 0.15) is 26.3 Å². The molecule has 0 fully saturated rings. The van der Waals surface area contributed by atoms with Crippen molar-refractivity contribution >= 4 is 23.4 Å². The standard InChI is InChI=1S/C14H20N2OS/c1-9(2)15-7-6-11-4-5-13-12(8-11)16-14(17)10(3)18-13/h4-5,8-10,15H,6-7H2,1-3H3,(H,16,17). The van der Waals surface area contributed by atoms with Crippen molar-refractivity contribution in [1.29, 1.82) is 0 Å². The van der Waals surface area contributed by atoms with E-state index in [1.165, 1.54) is 10.5 Å². The summed E-state index contributed by atoms with van der Waals surface area (Å²) in [6.07, 6.45) is 0.988. The predicted octanol–water partition coefficient (Wildman–Crippen LogP) is 2.66. The molecule has 1 atom stereocenters. The second-order valence-electron chi connectivity index (χ2n) is 4.94. The van der Waals surface area contributed by atoms with Crippen LogP contribution in [0.5, 0.6) is 0 Å². The summed E-state index contributed by atoms with van der Waals surface area (Å²) in [5.41, 5.74) is 2.22. The average molecular weight is 264 g/mol. The first-order valence-corrected chi connectivity index (χ1v) is 7.28. The van der Waals surface area contributed by atoms with Crippen molar-refractivity contribution < 1.29 is 4.79 Å². The van der Waals surface area contributed by atoms with E-state index in [9.17, 15) is 4.79 Å². The molecule has 1 aliphatic rings. The Hall–Kier alpha value is -1.000. The van der Waals surface area contributed by atoms with Crippen LogP contribution >= 0.6 is 11.8 Å². The molecule has 2 rings (SSSR count). The van der Waals surface area contributed by atoms with Crippen LogP contribution in [0.25, 0.3) is 0 Å². The van der Waals surface area contributed by atoms with E-state index in [-0.39, 0.29) is 11.2 Å². The van der Waals surface area contributed by atoms with Gasteiger partial charge in [0.15, 0.2) is 0 Å². The highest BCUT2D eigenvalue weighted by Crippen LogP contribution is 2.35. The third-order valence-electron chi connectivity index (χ3n) is 2.94. The molecule has 4 heteroatoms. The van der Waals surface area contributed by atoms with Crippen molar-refractivity contribution in [2.75, 3.05) is 11.9 Å². The molecule has 0 bridgehead atoms. The lowest BCUT2D eigenvalue weighted by atomic mass is 10.1. The van der Waals surface area contributed by atoms with Crippen LogP contribution in [0.4, 0.5) is 5.69 Å². The van der Waals surface area contributed by atoms with E-state index in [2.05, 4.69) is 42.7 Å². The minimum Gasteiger partial charge on any atom is -0.324 e. The van der Waals surface area contributed by atoms with Crippen LogP contribution in [0.2, 0.25) is 0 Å². The van der Waals surface area contributed by atoms with E-state index in [0.717, 1.165) is 18.7 Å². The Balaban J connectivity index is 2.03. The number of anilines is 1. The fourth-order valence-electron chi connectivity index (χ4n) is 1.92. The molecule has 98 valence electrons. The van der Waals surface area contributed by atoms with Crippen LogP contribution < -0.4 is 10.6 Å². The zero-order chi connectivity index (χ0) is 13.1. The van der Waals surface area contributed by atoms with Gasteiger partial charge in [0.25, 0.3) is 0 Å². The van der Waals surface area contributed by atoms with Gasteiger partial charge < -0.3 is 10.6 Å². The van der Waals surface area contributed by atoms with Gasteiger partial charge >= 0.3 is 0 Å². The SMILES string of the molecule is CC(C)NCCc1ccc2c(c1)NC(=O)C(C)S2. The fraction of sp³-hybridized carbons (Fsp3) is 0.500. The summed E-state index contributed by atoms with van der Waals surface area (Å²) in [6.45, 7) is 7.19.